The van der Waals surface area contributed by atoms with Crippen molar-refractivity contribution in [2.45, 2.75) is 19.4 Å². The van der Waals surface area contributed by atoms with Crippen molar-refractivity contribution >= 4 is 23.2 Å². The van der Waals surface area contributed by atoms with E-state index < -0.39 is 12.1 Å². The summed E-state index contributed by atoms with van der Waals surface area (Å²) in [5.41, 5.74) is 0.772. The second-order valence-corrected chi connectivity index (χ2v) is 5.32. The molecule has 0 aromatic carbocycles. The van der Waals surface area contributed by atoms with Gasteiger partial charge in [-0.15, -0.1) is 11.3 Å². The molecule has 2 heterocycles. The number of esters is 1. The summed E-state index contributed by atoms with van der Waals surface area (Å²) in [6, 6.07) is 0. The van der Waals surface area contributed by atoms with Crippen LogP contribution in [-0.2, 0) is 25.5 Å². The van der Waals surface area contributed by atoms with Crippen molar-refractivity contribution in [2.24, 2.45) is 0 Å². The van der Waals surface area contributed by atoms with E-state index in [1.54, 1.807) is 4.90 Å². The number of rotatable bonds is 3. The van der Waals surface area contributed by atoms with Crippen molar-refractivity contribution in [3.05, 3.63) is 16.1 Å². The number of nitrogens with zero attached hydrogens (tertiary/aromatic N) is 2. The Kier molecular flexibility index (Phi) is 4.49. The summed E-state index contributed by atoms with van der Waals surface area (Å²) in [7, 11) is 1.31. The molecular formula is C12H16N2O4S. The van der Waals surface area contributed by atoms with Gasteiger partial charge in [-0.2, -0.15) is 0 Å². The Morgan fingerprint density at radius 1 is 1.63 bits per heavy atom. The van der Waals surface area contributed by atoms with Gasteiger partial charge in [0.25, 0.3) is 0 Å². The number of thiazole rings is 1. The molecule has 1 fully saturated rings. The zero-order valence-electron chi connectivity index (χ0n) is 10.9. The van der Waals surface area contributed by atoms with Gasteiger partial charge in [0.15, 0.2) is 6.10 Å². The van der Waals surface area contributed by atoms with Crippen LogP contribution in [0.5, 0.6) is 0 Å². The highest BCUT2D eigenvalue weighted by Crippen LogP contribution is 2.12. The number of aryl methyl sites for hydroxylation is 1. The monoisotopic (exact) mass is 284 g/mol. The molecular weight excluding hydrogens is 268 g/mol. The van der Waals surface area contributed by atoms with Crippen LogP contribution >= 0.6 is 11.3 Å². The summed E-state index contributed by atoms with van der Waals surface area (Å²) in [6.45, 7) is 2.99. The van der Waals surface area contributed by atoms with Crippen molar-refractivity contribution in [3.63, 3.8) is 0 Å². The van der Waals surface area contributed by atoms with Gasteiger partial charge < -0.3 is 14.4 Å². The highest BCUT2D eigenvalue weighted by molar-refractivity contribution is 7.09. The molecule has 1 saturated heterocycles. The lowest BCUT2D eigenvalue weighted by molar-refractivity contribution is -0.162. The van der Waals surface area contributed by atoms with Crippen LogP contribution in [0.2, 0.25) is 0 Å². The van der Waals surface area contributed by atoms with Crippen molar-refractivity contribution in [1.82, 2.24) is 9.88 Å². The molecule has 104 valence electrons. The zero-order chi connectivity index (χ0) is 13.8. The normalized spacial score (nSPS) is 19.3. The average molecular weight is 284 g/mol. The molecule has 1 aromatic rings. The lowest BCUT2D eigenvalue weighted by atomic mass is 10.2. The number of methoxy groups -OCH3 is 1. The molecule has 1 unspecified atom stereocenters. The van der Waals surface area contributed by atoms with Crippen LogP contribution < -0.4 is 0 Å². The molecule has 0 aliphatic carbocycles. The highest BCUT2D eigenvalue weighted by Gasteiger charge is 2.29. The molecule has 1 aliphatic rings. The van der Waals surface area contributed by atoms with Gasteiger partial charge in [0.1, 0.15) is 0 Å². The van der Waals surface area contributed by atoms with E-state index in [0.29, 0.717) is 13.2 Å². The molecule has 1 aromatic heterocycles. The minimum atomic E-state index is -0.681. The summed E-state index contributed by atoms with van der Waals surface area (Å²) in [6.07, 6.45) is -0.419. The van der Waals surface area contributed by atoms with Crippen molar-refractivity contribution in [1.29, 1.82) is 0 Å². The number of hydrogen-bond donors (Lipinski definition) is 0. The predicted octanol–water partition coefficient (Wildman–Crippen LogP) is 0.394. The molecule has 1 aliphatic heterocycles. The number of hydrogen-bond acceptors (Lipinski definition) is 6. The zero-order valence-corrected chi connectivity index (χ0v) is 11.7. The Hall–Kier alpha value is -1.47. The number of aromatic nitrogens is 1. The molecule has 6 nitrogen and oxygen atoms in total. The van der Waals surface area contributed by atoms with Crippen molar-refractivity contribution in [2.75, 3.05) is 26.8 Å². The number of amides is 1. The summed E-state index contributed by atoms with van der Waals surface area (Å²) in [5, 5.41) is 2.82. The first-order valence-electron chi connectivity index (χ1n) is 5.98. The molecule has 0 saturated carbocycles. The first-order valence-corrected chi connectivity index (χ1v) is 6.86. The summed E-state index contributed by atoms with van der Waals surface area (Å²) in [5.74, 6) is -0.482. The quantitative estimate of drug-likeness (QED) is 0.751. The Morgan fingerprint density at radius 3 is 3.05 bits per heavy atom. The Labute approximate surface area is 115 Å². The van der Waals surface area contributed by atoms with Crippen molar-refractivity contribution in [3.8, 4) is 0 Å². The van der Waals surface area contributed by atoms with Gasteiger partial charge >= 0.3 is 5.97 Å². The Morgan fingerprint density at radius 2 is 2.42 bits per heavy atom. The number of carbonyl (C=O) groups excluding carboxylic acids is 2. The average Bonchev–Trinajstić information content (AvgIpc) is 2.83. The van der Waals surface area contributed by atoms with Crippen LogP contribution in [0.25, 0.3) is 0 Å². The minimum Gasteiger partial charge on any atom is -0.467 e. The number of ether oxygens (including phenoxy) is 2. The molecule has 0 N–H and O–H groups in total. The molecule has 0 bridgehead atoms. The predicted molar refractivity (Wildman–Crippen MR) is 68.9 cm³/mol. The second-order valence-electron chi connectivity index (χ2n) is 4.26. The fourth-order valence-corrected chi connectivity index (χ4v) is 2.52. The highest BCUT2D eigenvalue weighted by atomic mass is 32.1. The smallest absolute Gasteiger partial charge is 0.336 e. The third-order valence-corrected chi connectivity index (χ3v) is 3.70. The molecule has 1 atom stereocenters. The standard InChI is InChI=1S/C12H16N2O4S/c1-8-13-9(7-19-8)5-11(15)14-3-4-18-10(6-14)12(16)17-2/h7,10H,3-6H2,1-2H3. The molecule has 19 heavy (non-hydrogen) atoms. The molecule has 0 spiro atoms. The molecule has 2 rings (SSSR count). The summed E-state index contributed by atoms with van der Waals surface area (Å²) < 4.78 is 9.91. The van der Waals surface area contributed by atoms with Gasteiger partial charge in [-0.3, -0.25) is 4.79 Å². The van der Waals surface area contributed by atoms with Gasteiger partial charge in [0, 0.05) is 11.9 Å². The van der Waals surface area contributed by atoms with Crippen LogP contribution in [0.15, 0.2) is 5.38 Å². The van der Waals surface area contributed by atoms with Crippen molar-refractivity contribution < 1.29 is 19.1 Å². The molecule has 7 heteroatoms. The SMILES string of the molecule is COC(=O)C1CN(C(=O)Cc2csc(C)n2)CCO1. The van der Waals surface area contributed by atoms with Gasteiger partial charge in [0.05, 0.1) is 37.4 Å². The Bertz CT molecular complexity index is 474. The van der Waals surface area contributed by atoms with E-state index in [0.717, 1.165) is 10.7 Å². The van der Waals surface area contributed by atoms with Gasteiger partial charge in [-0.25, -0.2) is 9.78 Å². The second kappa shape index (κ2) is 6.12. The van der Waals surface area contributed by atoms with Gasteiger partial charge in [0.2, 0.25) is 5.91 Å². The number of morpholine rings is 1. The van der Waals surface area contributed by atoms with E-state index in [2.05, 4.69) is 9.72 Å². The fourth-order valence-electron chi connectivity index (χ4n) is 1.91. The van der Waals surface area contributed by atoms with Crippen LogP contribution in [0.4, 0.5) is 0 Å². The van der Waals surface area contributed by atoms with Gasteiger partial charge in [-0.1, -0.05) is 0 Å². The third kappa shape index (κ3) is 3.51. The summed E-state index contributed by atoms with van der Waals surface area (Å²) in [4.78, 5) is 29.4. The van der Waals surface area contributed by atoms with Crippen LogP contribution in [0, 0.1) is 6.92 Å². The third-order valence-electron chi connectivity index (χ3n) is 2.88. The lowest BCUT2D eigenvalue weighted by Crippen LogP contribution is -2.49. The topological polar surface area (TPSA) is 68.7 Å². The maximum absolute atomic E-state index is 12.1. The lowest BCUT2D eigenvalue weighted by Gasteiger charge is -2.31. The Balaban J connectivity index is 1.93. The van der Waals surface area contributed by atoms with Crippen LogP contribution in [-0.4, -0.2) is 54.7 Å². The van der Waals surface area contributed by atoms with E-state index in [1.807, 2.05) is 12.3 Å². The largest absolute Gasteiger partial charge is 0.467 e. The maximum Gasteiger partial charge on any atom is 0.336 e. The number of carbonyl (C=O) groups is 2. The van der Waals surface area contributed by atoms with E-state index in [1.165, 1.54) is 18.4 Å². The van der Waals surface area contributed by atoms with Crippen LogP contribution in [0.3, 0.4) is 0 Å². The van der Waals surface area contributed by atoms with Crippen LogP contribution in [0.1, 0.15) is 10.7 Å². The summed E-state index contributed by atoms with van der Waals surface area (Å²) >= 11 is 1.52. The van der Waals surface area contributed by atoms with E-state index >= 15 is 0 Å². The van der Waals surface area contributed by atoms with E-state index in [-0.39, 0.29) is 18.9 Å². The minimum absolute atomic E-state index is 0.0393. The fraction of sp³-hybridized carbons (Fsp3) is 0.583. The molecule has 1 amide bonds. The maximum atomic E-state index is 12.1. The van der Waals surface area contributed by atoms with E-state index in [9.17, 15) is 9.59 Å². The first kappa shape index (κ1) is 14.0. The van der Waals surface area contributed by atoms with Gasteiger partial charge in [-0.05, 0) is 6.92 Å². The first-order chi connectivity index (χ1) is 9.10. The van der Waals surface area contributed by atoms with E-state index in [4.69, 9.17) is 4.74 Å². The molecule has 0 radical (unpaired) electrons.